The summed E-state index contributed by atoms with van der Waals surface area (Å²) in [4.78, 5) is 12.1. The van der Waals surface area contributed by atoms with Crippen LogP contribution in [0.1, 0.15) is 59.3 Å². The van der Waals surface area contributed by atoms with Gasteiger partial charge in [-0.3, -0.25) is 4.79 Å². The number of nitrogens with one attached hydrogen (secondary N) is 1. The number of rotatable bonds is 4. The van der Waals surface area contributed by atoms with Crippen molar-refractivity contribution in [1.29, 1.82) is 0 Å². The highest BCUT2D eigenvalue weighted by atomic mass is 16.2. The molecule has 1 fully saturated rings. The molecule has 0 bridgehead atoms. The summed E-state index contributed by atoms with van der Waals surface area (Å²) in [5, 5.41) is 3.13. The Balaban J connectivity index is 2.61. The van der Waals surface area contributed by atoms with Crippen LogP contribution in [0.5, 0.6) is 0 Å². The second-order valence-electron chi connectivity index (χ2n) is 5.09. The van der Waals surface area contributed by atoms with E-state index < -0.39 is 5.54 Å². The SMILES string of the molecule is CCC(N)(CC)C(=O)NC1(C)CCCC1. The molecular weight excluding hydrogens is 188 g/mol. The van der Waals surface area contributed by atoms with Gasteiger partial charge < -0.3 is 11.1 Å². The van der Waals surface area contributed by atoms with Crippen molar-refractivity contribution in [2.24, 2.45) is 5.73 Å². The molecule has 0 heterocycles. The molecule has 0 aromatic rings. The maximum atomic E-state index is 12.1. The van der Waals surface area contributed by atoms with E-state index in [1.54, 1.807) is 0 Å². The van der Waals surface area contributed by atoms with Crippen LogP contribution in [0.3, 0.4) is 0 Å². The molecule has 0 radical (unpaired) electrons. The minimum absolute atomic E-state index is 0.00789. The Labute approximate surface area is 92.8 Å². The molecule has 3 nitrogen and oxygen atoms in total. The fraction of sp³-hybridized carbons (Fsp3) is 0.917. The Morgan fingerprint density at radius 3 is 2.20 bits per heavy atom. The summed E-state index contributed by atoms with van der Waals surface area (Å²) in [6.07, 6.45) is 6.00. The van der Waals surface area contributed by atoms with Gasteiger partial charge in [0.2, 0.25) is 5.91 Å². The Hall–Kier alpha value is -0.570. The number of hydrogen-bond donors (Lipinski definition) is 2. The molecule has 0 unspecified atom stereocenters. The molecule has 15 heavy (non-hydrogen) atoms. The first-order valence-corrected chi connectivity index (χ1v) is 6.07. The Bertz CT molecular complexity index is 228. The standard InChI is InChI=1S/C12H24N2O/c1-4-12(13,5-2)10(15)14-11(3)8-6-7-9-11/h4-9,13H2,1-3H3,(H,14,15). The van der Waals surface area contributed by atoms with E-state index in [4.69, 9.17) is 5.73 Å². The third kappa shape index (κ3) is 2.71. The topological polar surface area (TPSA) is 55.1 Å². The molecule has 88 valence electrons. The van der Waals surface area contributed by atoms with E-state index >= 15 is 0 Å². The average Bonchev–Trinajstić information content (AvgIpc) is 2.63. The Morgan fingerprint density at radius 1 is 1.33 bits per heavy atom. The average molecular weight is 212 g/mol. The summed E-state index contributed by atoms with van der Waals surface area (Å²) in [5.41, 5.74) is 5.38. The number of hydrogen-bond acceptors (Lipinski definition) is 2. The van der Waals surface area contributed by atoms with Crippen LogP contribution >= 0.6 is 0 Å². The van der Waals surface area contributed by atoms with Gasteiger partial charge in [0.05, 0.1) is 5.54 Å². The lowest BCUT2D eigenvalue weighted by molar-refractivity contribution is -0.128. The van der Waals surface area contributed by atoms with Crippen molar-refractivity contribution in [2.45, 2.75) is 70.4 Å². The zero-order valence-corrected chi connectivity index (χ0v) is 10.2. The molecule has 0 spiro atoms. The van der Waals surface area contributed by atoms with Gasteiger partial charge in [-0.15, -0.1) is 0 Å². The Morgan fingerprint density at radius 2 is 1.80 bits per heavy atom. The first kappa shape index (κ1) is 12.5. The molecule has 0 saturated heterocycles. The first-order valence-electron chi connectivity index (χ1n) is 6.07. The molecule has 0 aromatic carbocycles. The summed E-state index contributed by atoms with van der Waals surface area (Å²) in [7, 11) is 0. The maximum Gasteiger partial charge on any atom is 0.240 e. The van der Waals surface area contributed by atoms with Crippen LogP contribution < -0.4 is 11.1 Å². The number of nitrogens with two attached hydrogens (primary N) is 1. The first-order chi connectivity index (χ1) is 6.96. The monoisotopic (exact) mass is 212 g/mol. The van der Waals surface area contributed by atoms with Crippen molar-refractivity contribution < 1.29 is 4.79 Å². The normalized spacial score (nSPS) is 20.3. The lowest BCUT2D eigenvalue weighted by atomic mass is 9.90. The molecule has 3 N–H and O–H groups in total. The fourth-order valence-corrected chi connectivity index (χ4v) is 2.25. The van der Waals surface area contributed by atoms with Crippen LogP contribution in [0, 0.1) is 0 Å². The molecule has 0 aliphatic heterocycles. The van der Waals surface area contributed by atoms with Gasteiger partial charge in [-0.05, 0) is 32.6 Å². The van der Waals surface area contributed by atoms with Gasteiger partial charge in [0.25, 0.3) is 0 Å². The summed E-state index contributed by atoms with van der Waals surface area (Å²) < 4.78 is 0. The molecule has 1 saturated carbocycles. The number of amides is 1. The zero-order valence-electron chi connectivity index (χ0n) is 10.2. The minimum atomic E-state index is -0.675. The molecule has 1 aliphatic carbocycles. The highest BCUT2D eigenvalue weighted by Gasteiger charge is 2.36. The van der Waals surface area contributed by atoms with E-state index in [2.05, 4.69) is 12.2 Å². The molecule has 1 aliphatic rings. The van der Waals surface area contributed by atoms with Crippen LogP contribution in [-0.4, -0.2) is 17.0 Å². The van der Waals surface area contributed by atoms with Crippen LogP contribution in [0.25, 0.3) is 0 Å². The quantitative estimate of drug-likeness (QED) is 0.748. The molecule has 3 heteroatoms. The highest BCUT2D eigenvalue weighted by molar-refractivity contribution is 5.86. The van der Waals surface area contributed by atoms with Crippen molar-refractivity contribution in [3.05, 3.63) is 0 Å². The van der Waals surface area contributed by atoms with Crippen molar-refractivity contribution >= 4 is 5.91 Å². The largest absolute Gasteiger partial charge is 0.349 e. The van der Waals surface area contributed by atoms with E-state index in [0.29, 0.717) is 12.8 Å². The zero-order chi connectivity index (χ0) is 11.5. The number of carbonyl (C=O) groups is 1. The second kappa shape index (κ2) is 4.52. The van der Waals surface area contributed by atoms with Crippen molar-refractivity contribution in [2.75, 3.05) is 0 Å². The maximum absolute atomic E-state index is 12.1. The van der Waals surface area contributed by atoms with E-state index in [1.165, 1.54) is 12.8 Å². The minimum Gasteiger partial charge on any atom is -0.349 e. The van der Waals surface area contributed by atoms with Gasteiger partial charge in [0.1, 0.15) is 0 Å². The third-order valence-corrected chi connectivity index (χ3v) is 3.84. The second-order valence-corrected chi connectivity index (χ2v) is 5.09. The highest BCUT2D eigenvalue weighted by Crippen LogP contribution is 2.29. The van der Waals surface area contributed by atoms with E-state index in [-0.39, 0.29) is 11.4 Å². The van der Waals surface area contributed by atoms with Crippen molar-refractivity contribution in [1.82, 2.24) is 5.32 Å². The van der Waals surface area contributed by atoms with Gasteiger partial charge in [0, 0.05) is 5.54 Å². The number of carbonyl (C=O) groups excluding carboxylic acids is 1. The molecule has 0 atom stereocenters. The van der Waals surface area contributed by atoms with E-state index in [0.717, 1.165) is 12.8 Å². The van der Waals surface area contributed by atoms with Gasteiger partial charge in [-0.25, -0.2) is 0 Å². The summed E-state index contributed by atoms with van der Waals surface area (Å²) in [6, 6.07) is 0. The van der Waals surface area contributed by atoms with Gasteiger partial charge in [-0.1, -0.05) is 26.7 Å². The van der Waals surface area contributed by atoms with Crippen LogP contribution in [0.15, 0.2) is 0 Å². The lowest BCUT2D eigenvalue weighted by Gasteiger charge is -2.32. The molecule has 1 rings (SSSR count). The van der Waals surface area contributed by atoms with E-state index in [1.807, 2.05) is 13.8 Å². The van der Waals surface area contributed by atoms with Crippen LogP contribution in [0.2, 0.25) is 0 Å². The molecule has 0 aromatic heterocycles. The smallest absolute Gasteiger partial charge is 0.240 e. The lowest BCUT2D eigenvalue weighted by Crippen LogP contribution is -2.58. The third-order valence-electron chi connectivity index (χ3n) is 3.84. The van der Waals surface area contributed by atoms with Crippen molar-refractivity contribution in [3.63, 3.8) is 0 Å². The Kier molecular flexibility index (Phi) is 3.77. The van der Waals surface area contributed by atoms with Gasteiger partial charge in [0.15, 0.2) is 0 Å². The van der Waals surface area contributed by atoms with Crippen LogP contribution in [0.4, 0.5) is 0 Å². The van der Waals surface area contributed by atoms with E-state index in [9.17, 15) is 4.79 Å². The predicted octanol–water partition coefficient (Wildman–Crippen LogP) is 1.95. The summed E-state index contributed by atoms with van der Waals surface area (Å²) >= 11 is 0. The van der Waals surface area contributed by atoms with Crippen molar-refractivity contribution in [3.8, 4) is 0 Å². The van der Waals surface area contributed by atoms with Crippen LogP contribution in [-0.2, 0) is 4.79 Å². The molecular formula is C12H24N2O. The van der Waals surface area contributed by atoms with Gasteiger partial charge in [-0.2, -0.15) is 0 Å². The fourth-order valence-electron chi connectivity index (χ4n) is 2.25. The summed E-state index contributed by atoms with van der Waals surface area (Å²) in [6.45, 7) is 6.07. The predicted molar refractivity (Wildman–Crippen MR) is 62.5 cm³/mol. The molecule has 1 amide bonds. The van der Waals surface area contributed by atoms with Gasteiger partial charge >= 0.3 is 0 Å². The summed E-state index contributed by atoms with van der Waals surface area (Å²) in [5.74, 6) is 0.0249.